The van der Waals surface area contributed by atoms with Crippen LogP contribution in [-0.2, 0) is 4.74 Å². The molecule has 2 aliphatic carbocycles. The van der Waals surface area contributed by atoms with Crippen molar-refractivity contribution in [1.82, 2.24) is 4.90 Å². The van der Waals surface area contributed by atoms with E-state index in [0.717, 1.165) is 32.2 Å². The molecule has 98 valence electrons. The highest BCUT2D eigenvalue weighted by atomic mass is 16.5. The summed E-state index contributed by atoms with van der Waals surface area (Å²) in [5.41, 5.74) is 5.89. The molecular formula is C12H23N3O2. The molecule has 2 saturated carbocycles. The van der Waals surface area contributed by atoms with Crippen LogP contribution in [-0.4, -0.2) is 48.8 Å². The molecule has 2 aliphatic rings. The minimum atomic E-state index is 0.270. The number of ether oxygens (including phenoxy) is 1. The second-order valence-corrected chi connectivity index (χ2v) is 5.46. The Labute approximate surface area is 103 Å². The molecule has 2 rings (SSSR count). The molecule has 0 amide bonds. The average molecular weight is 241 g/mol. The summed E-state index contributed by atoms with van der Waals surface area (Å²) in [7, 11) is 1.74. The summed E-state index contributed by atoms with van der Waals surface area (Å²) < 4.78 is 5.16. The Kier molecular flexibility index (Phi) is 3.89. The van der Waals surface area contributed by atoms with Crippen LogP contribution in [0.3, 0.4) is 0 Å². The van der Waals surface area contributed by atoms with Crippen molar-refractivity contribution in [3.8, 4) is 0 Å². The number of methoxy groups -OCH3 is 1. The van der Waals surface area contributed by atoms with E-state index in [-0.39, 0.29) is 5.41 Å². The summed E-state index contributed by atoms with van der Waals surface area (Å²) in [6, 6.07) is 0.745. The van der Waals surface area contributed by atoms with E-state index in [4.69, 9.17) is 15.7 Å². The van der Waals surface area contributed by atoms with E-state index >= 15 is 0 Å². The van der Waals surface area contributed by atoms with Gasteiger partial charge in [-0.2, -0.15) is 0 Å². The maximum Gasteiger partial charge on any atom is 0.139 e. The van der Waals surface area contributed by atoms with Crippen molar-refractivity contribution in [2.24, 2.45) is 16.3 Å². The van der Waals surface area contributed by atoms with E-state index in [2.05, 4.69) is 10.1 Å². The quantitative estimate of drug-likeness (QED) is 0.288. The highest BCUT2D eigenvalue weighted by molar-refractivity contribution is 5.80. The standard InChI is InChI=1S/C12H23N3O2/c1-17-7-6-15(10-2-3-10)9-12(4-5-12)8-11(13)14-16/h10,16H,2-9H2,1H3,(H2,13,14). The Hall–Kier alpha value is -0.810. The summed E-state index contributed by atoms with van der Waals surface area (Å²) in [6.07, 6.45) is 5.73. The lowest BCUT2D eigenvalue weighted by Gasteiger charge is -2.27. The summed E-state index contributed by atoms with van der Waals surface area (Å²) in [6.45, 7) is 2.85. The maximum atomic E-state index is 8.65. The van der Waals surface area contributed by atoms with Crippen molar-refractivity contribution in [2.75, 3.05) is 26.8 Å². The Morgan fingerprint density at radius 2 is 2.24 bits per heavy atom. The Balaban J connectivity index is 1.84. The summed E-state index contributed by atoms with van der Waals surface area (Å²) in [5.74, 6) is 0.366. The average Bonchev–Trinajstić information content (AvgIpc) is 3.19. The zero-order chi connectivity index (χ0) is 12.3. The Morgan fingerprint density at radius 3 is 2.71 bits per heavy atom. The van der Waals surface area contributed by atoms with Crippen LogP contribution < -0.4 is 5.73 Å². The van der Waals surface area contributed by atoms with Crippen LogP contribution in [0.2, 0.25) is 0 Å². The summed E-state index contributed by atoms with van der Waals surface area (Å²) >= 11 is 0. The number of nitrogens with two attached hydrogens (primary N) is 1. The molecule has 0 aromatic rings. The first-order valence-electron chi connectivity index (χ1n) is 6.38. The number of hydrogen-bond acceptors (Lipinski definition) is 4. The lowest BCUT2D eigenvalue weighted by atomic mass is 10.0. The van der Waals surface area contributed by atoms with Gasteiger partial charge in [0.1, 0.15) is 5.84 Å². The van der Waals surface area contributed by atoms with Crippen molar-refractivity contribution >= 4 is 5.84 Å². The molecule has 0 atom stereocenters. The number of oxime groups is 1. The van der Waals surface area contributed by atoms with Gasteiger partial charge in [-0.25, -0.2) is 0 Å². The van der Waals surface area contributed by atoms with Crippen LogP contribution in [0.1, 0.15) is 32.1 Å². The van der Waals surface area contributed by atoms with Crippen LogP contribution in [0.15, 0.2) is 5.16 Å². The number of amidine groups is 1. The van der Waals surface area contributed by atoms with Gasteiger partial charge < -0.3 is 15.7 Å². The monoisotopic (exact) mass is 241 g/mol. The smallest absolute Gasteiger partial charge is 0.139 e. The predicted octanol–water partition coefficient (Wildman–Crippen LogP) is 1.01. The fourth-order valence-electron chi connectivity index (χ4n) is 2.46. The third-order valence-corrected chi connectivity index (χ3v) is 3.83. The first-order chi connectivity index (χ1) is 8.19. The van der Waals surface area contributed by atoms with Gasteiger partial charge in [0.2, 0.25) is 0 Å². The van der Waals surface area contributed by atoms with E-state index in [9.17, 15) is 0 Å². The van der Waals surface area contributed by atoms with Crippen molar-refractivity contribution in [2.45, 2.75) is 38.1 Å². The van der Waals surface area contributed by atoms with E-state index in [0.29, 0.717) is 5.84 Å². The molecule has 17 heavy (non-hydrogen) atoms. The minimum absolute atomic E-state index is 0.270. The molecule has 0 unspecified atom stereocenters. The lowest BCUT2D eigenvalue weighted by Crippen LogP contribution is -2.36. The highest BCUT2D eigenvalue weighted by Crippen LogP contribution is 2.50. The van der Waals surface area contributed by atoms with Crippen LogP contribution in [0.5, 0.6) is 0 Å². The normalized spacial score (nSPS) is 23.1. The molecule has 0 aliphatic heterocycles. The van der Waals surface area contributed by atoms with Crippen molar-refractivity contribution in [3.05, 3.63) is 0 Å². The third kappa shape index (κ3) is 3.57. The van der Waals surface area contributed by atoms with E-state index in [1.807, 2.05) is 0 Å². The van der Waals surface area contributed by atoms with Crippen LogP contribution >= 0.6 is 0 Å². The number of nitrogens with zero attached hydrogens (tertiary/aromatic N) is 2. The van der Waals surface area contributed by atoms with Gasteiger partial charge in [-0.15, -0.1) is 0 Å². The Bertz CT molecular complexity index is 285. The number of rotatable bonds is 8. The molecule has 0 aromatic heterocycles. The number of hydrogen-bond donors (Lipinski definition) is 2. The molecule has 5 nitrogen and oxygen atoms in total. The zero-order valence-electron chi connectivity index (χ0n) is 10.6. The second-order valence-electron chi connectivity index (χ2n) is 5.46. The van der Waals surface area contributed by atoms with E-state index < -0.39 is 0 Å². The van der Waals surface area contributed by atoms with Crippen LogP contribution in [0, 0.1) is 5.41 Å². The van der Waals surface area contributed by atoms with Gasteiger partial charge in [-0.3, -0.25) is 4.90 Å². The fourth-order valence-corrected chi connectivity index (χ4v) is 2.46. The second kappa shape index (κ2) is 5.23. The molecule has 3 N–H and O–H groups in total. The zero-order valence-corrected chi connectivity index (χ0v) is 10.6. The molecular weight excluding hydrogens is 218 g/mol. The minimum Gasteiger partial charge on any atom is -0.409 e. The molecule has 0 heterocycles. The van der Waals surface area contributed by atoms with Crippen molar-refractivity contribution < 1.29 is 9.94 Å². The maximum absolute atomic E-state index is 8.65. The summed E-state index contributed by atoms with van der Waals surface area (Å²) in [4.78, 5) is 2.52. The van der Waals surface area contributed by atoms with Crippen molar-refractivity contribution in [1.29, 1.82) is 0 Å². The predicted molar refractivity (Wildman–Crippen MR) is 66.2 cm³/mol. The van der Waals surface area contributed by atoms with Gasteiger partial charge >= 0.3 is 0 Å². The van der Waals surface area contributed by atoms with Crippen LogP contribution in [0.25, 0.3) is 0 Å². The molecule has 0 saturated heterocycles. The summed E-state index contributed by atoms with van der Waals surface area (Å²) in [5, 5.41) is 11.7. The lowest BCUT2D eigenvalue weighted by molar-refractivity contribution is 0.128. The largest absolute Gasteiger partial charge is 0.409 e. The molecule has 5 heteroatoms. The molecule has 2 fully saturated rings. The van der Waals surface area contributed by atoms with Gasteiger partial charge in [0.15, 0.2) is 0 Å². The first kappa shape index (κ1) is 12.6. The third-order valence-electron chi connectivity index (χ3n) is 3.83. The fraction of sp³-hybridized carbons (Fsp3) is 0.917. The first-order valence-corrected chi connectivity index (χ1v) is 6.38. The van der Waals surface area contributed by atoms with Crippen molar-refractivity contribution in [3.63, 3.8) is 0 Å². The Morgan fingerprint density at radius 1 is 1.53 bits per heavy atom. The molecule has 0 spiro atoms. The molecule has 0 aromatic carbocycles. The SMILES string of the molecule is COCCN(CC1(CC(N)=NO)CC1)C1CC1. The topological polar surface area (TPSA) is 71.1 Å². The molecule has 0 radical (unpaired) electrons. The van der Waals surface area contributed by atoms with Crippen LogP contribution in [0.4, 0.5) is 0 Å². The van der Waals surface area contributed by atoms with Gasteiger partial charge in [0, 0.05) is 32.7 Å². The van der Waals surface area contributed by atoms with E-state index in [1.54, 1.807) is 7.11 Å². The van der Waals surface area contributed by atoms with Gasteiger partial charge in [0.25, 0.3) is 0 Å². The van der Waals surface area contributed by atoms with Gasteiger partial charge in [-0.1, -0.05) is 5.16 Å². The van der Waals surface area contributed by atoms with E-state index in [1.165, 1.54) is 25.7 Å². The van der Waals surface area contributed by atoms with Gasteiger partial charge in [-0.05, 0) is 31.1 Å². The molecule has 0 bridgehead atoms. The van der Waals surface area contributed by atoms with Gasteiger partial charge in [0.05, 0.1) is 6.61 Å². The highest BCUT2D eigenvalue weighted by Gasteiger charge is 2.46.